The molecule has 1 aliphatic heterocycles. The van der Waals surface area contributed by atoms with Gasteiger partial charge in [0.2, 0.25) is 5.76 Å². The summed E-state index contributed by atoms with van der Waals surface area (Å²) in [6.45, 7) is 1.58. The van der Waals surface area contributed by atoms with Gasteiger partial charge in [0.25, 0.3) is 17.1 Å². The van der Waals surface area contributed by atoms with Crippen LogP contribution in [0.5, 0.6) is 11.5 Å². The van der Waals surface area contributed by atoms with Gasteiger partial charge < -0.3 is 23.9 Å². The number of imide groups is 1. The molecule has 2 aromatic carbocycles. The fourth-order valence-electron chi connectivity index (χ4n) is 3.52. The standard InChI is InChI=1S/C27H22BrFN2O8S/c1-3-37-21-10-15(19(28)12-22(21)38-14-24(32)30-17-6-4-16(29)5-7-17)11-23-25(33)31(27(35)40-23)13-18-8-9-20(39-18)26(34)36-2/h4-12H,3,13-14H2,1-2H3,(H,30,32)/b23-11+. The number of halogens is 2. The number of furan rings is 1. The number of benzene rings is 2. The number of carbonyl (C=O) groups is 4. The summed E-state index contributed by atoms with van der Waals surface area (Å²) in [5.41, 5.74) is 0.949. The number of carbonyl (C=O) groups excluding carboxylic acids is 4. The lowest BCUT2D eigenvalue weighted by molar-refractivity contribution is -0.123. The summed E-state index contributed by atoms with van der Waals surface area (Å²) in [5.74, 6) is -1.29. The highest BCUT2D eigenvalue weighted by molar-refractivity contribution is 9.10. The predicted octanol–water partition coefficient (Wildman–Crippen LogP) is 5.62. The van der Waals surface area contributed by atoms with Crippen molar-refractivity contribution < 1.29 is 42.2 Å². The molecule has 1 saturated heterocycles. The first-order chi connectivity index (χ1) is 19.2. The molecule has 208 valence electrons. The Balaban J connectivity index is 1.47. The van der Waals surface area contributed by atoms with E-state index in [4.69, 9.17) is 13.9 Å². The Morgan fingerprint density at radius 2 is 1.82 bits per heavy atom. The van der Waals surface area contributed by atoms with Crippen molar-refractivity contribution in [2.75, 3.05) is 25.6 Å². The minimum atomic E-state index is -0.670. The van der Waals surface area contributed by atoms with E-state index >= 15 is 0 Å². The number of nitrogens with one attached hydrogen (secondary N) is 1. The third-order valence-corrected chi connectivity index (χ3v) is 6.97. The van der Waals surface area contributed by atoms with Crippen LogP contribution in [0.25, 0.3) is 6.08 Å². The summed E-state index contributed by atoms with van der Waals surface area (Å²) in [5, 5.41) is 2.11. The van der Waals surface area contributed by atoms with Crippen molar-refractivity contribution in [2.45, 2.75) is 13.5 Å². The second-order valence-electron chi connectivity index (χ2n) is 8.12. The lowest BCUT2D eigenvalue weighted by Crippen LogP contribution is -2.27. The maximum absolute atomic E-state index is 13.1. The van der Waals surface area contributed by atoms with Gasteiger partial charge in [0, 0.05) is 10.2 Å². The molecule has 3 aromatic rings. The lowest BCUT2D eigenvalue weighted by atomic mass is 10.1. The van der Waals surface area contributed by atoms with Gasteiger partial charge in [0.05, 0.1) is 25.2 Å². The molecule has 0 spiro atoms. The second-order valence-corrected chi connectivity index (χ2v) is 9.97. The molecular formula is C27H22BrFN2O8S. The van der Waals surface area contributed by atoms with Crippen LogP contribution in [0.1, 0.15) is 28.8 Å². The van der Waals surface area contributed by atoms with E-state index in [0.717, 1.165) is 16.7 Å². The molecule has 40 heavy (non-hydrogen) atoms. The minimum absolute atomic E-state index is 0.0392. The van der Waals surface area contributed by atoms with Crippen LogP contribution in [0.3, 0.4) is 0 Å². The Morgan fingerprint density at radius 1 is 1.10 bits per heavy atom. The molecule has 13 heteroatoms. The van der Waals surface area contributed by atoms with Crippen LogP contribution >= 0.6 is 27.7 Å². The van der Waals surface area contributed by atoms with Gasteiger partial charge in [-0.1, -0.05) is 15.9 Å². The van der Waals surface area contributed by atoms with Crippen LogP contribution in [0.15, 0.2) is 62.3 Å². The summed E-state index contributed by atoms with van der Waals surface area (Å²) in [6, 6.07) is 11.4. The number of thioether (sulfide) groups is 1. The van der Waals surface area contributed by atoms with Gasteiger partial charge in [-0.3, -0.25) is 19.3 Å². The van der Waals surface area contributed by atoms with E-state index in [2.05, 4.69) is 26.0 Å². The van der Waals surface area contributed by atoms with E-state index in [1.165, 1.54) is 49.6 Å². The maximum Gasteiger partial charge on any atom is 0.373 e. The van der Waals surface area contributed by atoms with Gasteiger partial charge in [-0.25, -0.2) is 9.18 Å². The topological polar surface area (TPSA) is 124 Å². The van der Waals surface area contributed by atoms with Crippen LogP contribution in [0.4, 0.5) is 14.9 Å². The van der Waals surface area contributed by atoms with E-state index in [1.807, 2.05) is 0 Å². The zero-order valence-corrected chi connectivity index (χ0v) is 23.6. The first kappa shape index (κ1) is 28.9. The average molecular weight is 633 g/mol. The number of hydrogen-bond acceptors (Lipinski definition) is 9. The van der Waals surface area contributed by atoms with Gasteiger partial charge in [-0.15, -0.1) is 0 Å². The van der Waals surface area contributed by atoms with Crippen LogP contribution in [-0.4, -0.2) is 48.2 Å². The lowest BCUT2D eigenvalue weighted by Gasteiger charge is -2.14. The SMILES string of the molecule is CCOc1cc(/C=C2/SC(=O)N(Cc3ccc(C(=O)OC)o3)C2=O)c(Br)cc1OCC(=O)Nc1ccc(F)cc1. The molecular weight excluding hydrogens is 611 g/mol. The van der Waals surface area contributed by atoms with E-state index in [9.17, 15) is 23.6 Å². The number of rotatable bonds is 10. The molecule has 1 N–H and O–H groups in total. The quantitative estimate of drug-likeness (QED) is 0.224. The van der Waals surface area contributed by atoms with Gasteiger partial charge in [0.1, 0.15) is 11.6 Å². The molecule has 1 fully saturated rings. The molecule has 2 heterocycles. The Labute approximate surface area is 240 Å². The number of methoxy groups -OCH3 is 1. The third-order valence-electron chi connectivity index (χ3n) is 5.37. The molecule has 1 aromatic heterocycles. The van der Waals surface area contributed by atoms with Crippen LogP contribution in [-0.2, 0) is 20.9 Å². The van der Waals surface area contributed by atoms with Gasteiger partial charge in [0.15, 0.2) is 18.1 Å². The van der Waals surface area contributed by atoms with Gasteiger partial charge in [-0.2, -0.15) is 0 Å². The molecule has 10 nitrogen and oxygen atoms in total. The number of nitrogens with zero attached hydrogens (tertiary/aromatic N) is 1. The summed E-state index contributed by atoms with van der Waals surface area (Å²) in [7, 11) is 1.21. The molecule has 4 rings (SSSR count). The molecule has 0 saturated carbocycles. The highest BCUT2D eigenvalue weighted by Gasteiger charge is 2.36. The van der Waals surface area contributed by atoms with Crippen molar-refractivity contribution in [3.05, 3.63) is 80.8 Å². The summed E-state index contributed by atoms with van der Waals surface area (Å²) in [6.07, 6.45) is 1.53. The van der Waals surface area contributed by atoms with E-state index in [-0.39, 0.29) is 35.3 Å². The van der Waals surface area contributed by atoms with Gasteiger partial charge >= 0.3 is 5.97 Å². The molecule has 1 aliphatic rings. The maximum atomic E-state index is 13.1. The number of hydrogen-bond donors (Lipinski definition) is 1. The van der Waals surface area contributed by atoms with Crippen molar-refractivity contribution in [1.29, 1.82) is 0 Å². The minimum Gasteiger partial charge on any atom is -0.490 e. The first-order valence-electron chi connectivity index (χ1n) is 11.8. The average Bonchev–Trinajstić information content (AvgIpc) is 3.51. The summed E-state index contributed by atoms with van der Waals surface area (Å²) in [4.78, 5) is 50.7. The summed E-state index contributed by atoms with van der Waals surface area (Å²) >= 11 is 4.20. The number of ether oxygens (including phenoxy) is 3. The molecule has 0 aliphatic carbocycles. The Morgan fingerprint density at radius 3 is 2.52 bits per heavy atom. The molecule has 0 bridgehead atoms. The van der Waals surface area contributed by atoms with Crippen molar-refractivity contribution in [3.63, 3.8) is 0 Å². The number of anilines is 1. The zero-order chi connectivity index (χ0) is 28.8. The first-order valence-corrected chi connectivity index (χ1v) is 13.4. The number of esters is 1. The highest BCUT2D eigenvalue weighted by Crippen LogP contribution is 2.38. The van der Waals surface area contributed by atoms with Crippen molar-refractivity contribution in [3.8, 4) is 11.5 Å². The van der Waals surface area contributed by atoms with Gasteiger partial charge in [-0.05, 0) is 78.9 Å². The van der Waals surface area contributed by atoms with Crippen LogP contribution < -0.4 is 14.8 Å². The molecule has 0 atom stereocenters. The summed E-state index contributed by atoms with van der Waals surface area (Å²) < 4.78 is 34.9. The fraction of sp³-hybridized carbons (Fsp3) is 0.185. The normalized spacial score (nSPS) is 14.0. The van der Waals surface area contributed by atoms with Crippen LogP contribution in [0, 0.1) is 5.82 Å². The largest absolute Gasteiger partial charge is 0.490 e. The monoisotopic (exact) mass is 632 g/mol. The Hall–Kier alpha value is -4.10. The van der Waals surface area contributed by atoms with E-state index in [1.54, 1.807) is 19.1 Å². The van der Waals surface area contributed by atoms with Crippen molar-refractivity contribution in [1.82, 2.24) is 4.90 Å². The highest BCUT2D eigenvalue weighted by atomic mass is 79.9. The smallest absolute Gasteiger partial charge is 0.373 e. The predicted molar refractivity (Wildman–Crippen MR) is 147 cm³/mol. The van der Waals surface area contributed by atoms with Crippen molar-refractivity contribution >= 4 is 62.5 Å². The molecule has 3 amide bonds. The molecule has 0 unspecified atom stereocenters. The zero-order valence-electron chi connectivity index (χ0n) is 21.2. The van der Waals surface area contributed by atoms with Crippen molar-refractivity contribution in [2.24, 2.45) is 0 Å². The number of amides is 3. The second kappa shape index (κ2) is 12.8. The Kier molecular flexibility index (Phi) is 9.27. The third kappa shape index (κ3) is 6.90. The Bertz CT molecular complexity index is 1490. The van der Waals surface area contributed by atoms with E-state index in [0.29, 0.717) is 28.1 Å². The molecule has 0 radical (unpaired) electrons. The van der Waals surface area contributed by atoms with Crippen LogP contribution in [0.2, 0.25) is 0 Å². The fourth-order valence-corrected chi connectivity index (χ4v) is 4.79. The van der Waals surface area contributed by atoms with E-state index < -0.39 is 28.8 Å².